The van der Waals surface area contributed by atoms with Crippen LogP contribution in [0.3, 0.4) is 0 Å². The minimum Gasteiger partial charge on any atom is -0.545 e. The first-order valence-electron chi connectivity index (χ1n) is 11.5. The topological polar surface area (TPSA) is 85.4 Å². The quantitative estimate of drug-likeness (QED) is 0.384. The van der Waals surface area contributed by atoms with E-state index in [9.17, 15) is 14.7 Å². The maximum Gasteiger partial charge on any atom is 1.00 e. The van der Waals surface area contributed by atoms with Crippen molar-refractivity contribution in [1.82, 2.24) is 4.98 Å². The van der Waals surface area contributed by atoms with Gasteiger partial charge in [0.15, 0.2) is 0 Å². The summed E-state index contributed by atoms with van der Waals surface area (Å²) in [7, 11) is 0. The number of hydrogen-bond acceptors (Lipinski definition) is 5. The molecule has 3 aromatic carbocycles. The molecule has 176 valence electrons. The summed E-state index contributed by atoms with van der Waals surface area (Å²) in [6.45, 7) is 5.95. The summed E-state index contributed by atoms with van der Waals surface area (Å²) in [5.74, 6) is -1.81. The summed E-state index contributed by atoms with van der Waals surface area (Å²) in [5.41, 5.74) is 4.91. The van der Waals surface area contributed by atoms with Gasteiger partial charge in [-0.05, 0) is 54.8 Å². The predicted octanol–water partition coefficient (Wildman–Crippen LogP) is 1.88. The summed E-state index contributed by atoms with van der Waals surface area (Å²) in [4.78, 5) is 31.3. The SMILES string of the molecule is CCN(CC)c1cccc(-c2ccc(C(=O)[O-])c(NC(=O)c3cncc(-c4ccccc4)c3)c2)c1.[Na+]. The fourth-order valence-electron chi connectivity index (χ4n) is 4.02. The van der Waals surface area contributed by atoms with Crippen LogP contribution in [-0.2, 0) is 0 Å². The van der Waals surface area contributed by atoms with E-state index in [0.717, 1.165) is 41.0 Å². The Morgan fingerprint density at radius 3 is 2.19 bits per heavy atom. The molecule has 0 aliphatic carbocycles. The molecule has 0 bridgehead atoms. The zero-order valence-electron chi connectivity index (χ0n) is 20.7. The van der Waals surface area contributed by atoms with E-state index in [1.54, 1.807) is 24.4 Å². The third-order valence-corrected chi connectivity index (χ3v) is 5.90. The monoisotopic (exact) mass is 487 g/mol. The van der Waals surface area contributed by atoms with E-state index in [-0.39, 0.29) is 40.8 Å². The van der Waals surface area contributed by atoms with Crippen molar-refractivity contribution in [2.75, 3.05) is 23.3 Å². The Bertz CT molecular complexity index is 1350. The number of nitrogens with zero attached hydrogens (tertiary/aromatic N) is 2. The fourth-order valence-corrected chi connectivity index (χ4v) is 4.02. The van der Waals surface area contributed by atoms with Gasteiger partial charge in [-0.3, -0.25) is 9.78 Å². The second kappa shape index (κ2) is 12.5. The molecule has 0 spiro atoms. The van der Waals surface area contributed by atoms with Crippen LogP contribution in [0.2, 0.25) is 0 Å². The smallest absolute Gasteiger partial charge is 0.545 e. The molecule has 1 N–H and O–H groups in total. The third kappa shape index (κ3) is 6.21. The summed E-state index contributed by atoms with van der Waals surface area (Å²) in [5, 5.41) is 14.5. The van der Waals surface area contributed by atoms with Crippen molar-refractivity contribution in [2.45, 2.75) is 13.8 Å². The number of anilines is 2. The average molecular weight is 488 g/mol. The maximum absolute atomic E-state index is 13.1. The number of aromatic carboxylic acids is 1. The number of carbonyl (C=O) groups excluding carboxylic acids is 2. The zero-order chi connectivity index (χ0) is 24.8. The van der Waals surface area contributed by atoms with Gasteiger partial charge >= 0.3 is 29.6 Å². The minimum absolute atomic E-state index is 0. The van der Waals surface area contributed by atoms with Gasteiger partial charge in [0.25, 0.3) is 5.91 Å². The van der Waals surface area contributed by atoms with Gasteiger partial charge in [-0.2, -0.15) is 0 Å². The van der Waals surface area contributed by atoms with Gasteiger partial charge in [0.2, 0.25) is 0 Å². The predicted molar refractivity (Wildman–Crippen MR) is 137 cm³/mol. The average Bonchev–Trinajstić information content (AvgIpc) is 2.90. The Balaban J connectivity index is 0.00000361. The van der Waals surface area contributed by atoms with Crippen LogP contribution in [-0.4, -0.2) is 29.9 Å². The number of benzene rings is 3. The molecular formula is C29H26N3NaO3. The van der Waals surface area contributed by atoms with Gasteiger partial charge in [-0.1, -0.05) is 54.6 Å². The number of amides is 1. The first-order chi connectivity index (χ1) is 17.0. The van der Waals surface area contributed by atoms with E-state index in [4.69, 9.17) is 0 Å². The van der Waals surface area contributed by atoms with Crippen LogP contribution in [0.25, 0.3) is 22.3 Å². The molecule has 0 fully saturated rings. The van der Waals surface area contributed by atoms with E-state index in [2.05, 4.69) is 35.1 Å². The molecule has 4 rings (SSSR count). The largest absolute Gasteiger partial charge is 1.00 e. The summed E-state index contributed by atoms with van der Waals surface area (Å²) >= 11 is 0. The number of carboxylic acid groups (broad SMARTS) is 1. The summed E-state index contributed by atoms with van der Waals surface area (Å²) < 4.78 is 0. The minimum atomic E-state index is -1.36. The Kier molecular flexibility index (Phi) is 9.42. The standard InChI is InChI=1S/C29H27N3O3.Na/c1-3-32(4-2)25-12-8-11-21(16-25)22-13-14-26(29(34)35)27(17-22)31-28(33)24-15-23(18-30-19-24)20-9-6-5-7-10-20;/h5-19H,3-4H2,1-2H3,(H,31,33)(H,34,35);/q;+1/p-1. The molecule has 0 saturated carbocycles. The van der Waals surface area contributed by atoms with Crippen LogP contribution in [0.4, 0.5) is 11.4 Å². The molecule has 0 unspecified atom stereocenters. The molecule has 0 radical (unpaired) electrons. The van der Waals surface area contributed by atoms with Crippen molar-refractivity contribution in [3.63, 3.8) is 0 Å². The van der Waals surface area contributed by atoms with E-state index < -0.39 is 11.9 Å². The van der Waals surface area contributed by atoms with Gasteiger partial charge < -0.3 is 20.1 Å². The van der Waals surface area contributed by atoms with Crippen molar-refractivity contribution >= 4 is 23.3 Å². The van der Waals surface area contributed by atoms with Gasteiger partial charge in [0, 0.05) is 42.3 Å². The number of rotatable bonds is 8. The van der Waals surface area contributed by atoms with Gasteiger partial charge in [0.05, 0.1) is 17.2 Å². The van der Waals surface area contributed by atoms with Crippen LogP contribution in [0.5, 0.6) is 0 Å². The molecule has 0 aliphatic rings. The molecule has 0 aliphatic heterocycles. The van der Waals surface area contributed by atoms with Crippen LogP contribution in [0.15, 0.2) is 91.3 Å². The van der Waals surface area contributed by atoms with Crippen molar-refractivity contribution in [1.29, 1.82) is 0 Å². The Hall–Kier alpha value is -3.45. The van der Waals surface area contributed by atoms with Crippen molar-refractivity contribution in [3.05, 3.63) is 102 Å². The molecule has 4 aromatic rings. The van der Waals surface area contributed by atoms with E-state index in [0.29, 0.717) is 5.56 Å². The number of hydrogen-bond donors (Lipinski definition) is 1. The first kappa shape index (κ1) is 27.1. The third-order valence-electron chi connectivity index (χ3n) is 5.90. The summed E-state index contributed by atoms with van der Waals surface area (Å²) in [6.07, 6.45) is 3.14. The fraction of sp³-hybridized carbons (Fsp3) is 0.138. The van der Waals surface area contributed by atoms with Crippen molar-refractivity contribution < 1.29 is 44.3 Å². The molecule has 1 heterocycles. The second-order valence-corrected chi connectivity index (χ2v) is 8.05. The number of aromatic nitrogens is 1. The van der Waals surface area contributed by atoms with Crippen molar-refractivity contribution in [2.24, 2.45) is 0 Å². The number of carboxylic acids is 1. The molecule has 0 saturated heterocycles. The van der Waals surface area contributed by atoms with Crippen LogP contribution >= 0.6 is 0 Å². The normalized spacial score (nSPS) is 10.3. The zero-order valence-corrected chi connectivity index (χ0v) is 22.7. The van der Waals surface area contributed by atoms with Crippen LogP contribution in [0, 0.1) is 0 Å². The molecule has 7 heteroatoms. The maximum atomic E-state index is 13.1. The van der Waals surface area contributed by atoms with Crippen LogP contribution < -0.4 is 44.9 Å². The Morgan fingerprint density at radius 2 is 1.50 bits per heavy atom. The molecular weight excluding hydrogens is 461 g/mol. The van der Waals surface area contributed by atoms with E-state index >= 15 is 0 Å². The number of carbonyl (C=O) groups is 2. The van der Waals surface area contributed by atoms with Crippen LogP contribution in [0.1, 0.15) is 34.6 Å². The molecule has 1 amide bonds. The van der Waals surface area contributed by atoms with E-state index in [1.165, 1.54) is 12.3 Å². The molecule has 36 heavy (non-hydrogen) atoms. The first-order valence-corrected chi connectivity index (χ1v) is 11.5. The van der Waals surface area contributed by atoms with E-state index in [1.807, 2.05) is 48.5 Å². The number of pyridine rings is 1. The number of nitrogens with one attached hydrogen (secondary N) is 1. The van der Waals surface area contributed by atoms with Gasteiger partial charge in [-0.25, -0.2) is 0 Å². The molecule has 1 aromatic heterocycles. The molecule has 0 atom stereocenters. The van der Waals surface area contributed by atoms with Gasteiger partial charge in [-0.15, -0.1) is 0 Å². The second-order valence-electron chi connectivity index (χ2n) is 8.05. The summed E-state index contributed by atoms with van der Waals surface area (Å²) in [6, 6.07) is 24.2. The Morgan fingerprint density at radius 1 is 0.806 bits per heavy atom. The van der Waals surface area contributed by atoms with Gasteiger partial charge in [0.1, 0.15) is 0 Å². The molecule has 6 nitrogen and oxygen atoms in total. The van der Waals surface area contributed by atoms with Crippen molar-refractivity contribution in [3.8, 4) is 22.3 Å². The Labute approximate surface area is 233 Å².